The second-order valence-electron chi connectivity index (χ2n) is 5.12. The molecule has 6 nitrogen and oxygen atoms in total. The third-order valence-electron chi connectivity index (χ3n) is 3.07. The Labute approximate surface area is 132 Å². The Morgan fingerprint density at radius 3 is 2.64 bits per heavy atom. The highest BCUT2D eigenvalue weighted by Crippen LogP contribution is 2.22. The number of carboxylic acid groups (broad SMARTS) is 1. The van der Waals surface area contributed by atoms with Crippen LogP contribution in [0.2, 0.25) is 5.02 Å². The van der Waals surface area contributed by atoms with E-state index in [1.165, 1.54) is 6.07 Å². The Morgan fingerprint density at radius 1 is 1.32 bits per heavy atom. The van der Waals surface area contributed by atoms with Crippen LogP contribution in [-0.2, 0) is 4.79 Å². The van der Waals surface area contributed by atoms with Gasteiger partial charge in [-0.05, 0) is 18.1 Å². The molecule has 0 aliphatic heterocycles. The van der Waals surface area contributed by atoms with Gasteiger partial charge in [0.05, 0.1) is 0 Å². The first-order valence-corrected chi connectivity index (χ1v) is 7.02. The molecule has 0 fully saturated rings. The number of aliphatic carboxylic acids is 1. The predicted octanol–water partition coefficient (Wildman–Crippen LogP) is 2.83. The molecular formula is C15H15ClN2O4. The molecule has 22 heavy (non-hydrogen) atoms. The third-order valence-corrected chi connectivity index (χ3v) is 3.31. The average Bonchev–Trinajstić information content (AvgIpc) is 2.93. The molecule has 1 amide bonds. The standard InChI is InChI=1S/C15H15ClN2O4/c1-8(2)13(15(20)21)17-14(19)12-7-11(18-22-12)9-4-3-5-10(16)6-9/h3-8,13H,1-2H3,(H,17,19)(H,20,21). The molecule has 2 rings (SSSR count). The van der Waals surface area contributed by atoms with Gasteiger partial charge in [-0.3, -0.25) is 4.79 Å². The van der Waals surface area contributed by atoms with Crippen LogP contribution in [0.5, 0.6) is 0 Å². The van der Waals surface area contributed by atoms with Crippen LogP contribution < -0.4 is 5.32 Å². The minimum absolute atomic E-state index is 0.0538. The van der Waals surface area contributed by atoms with Crippen molar-refractivity contribution in [2.45, 2.75) is 19.9 Å². The highest BCUT2D eigenvalue weighted by molar-refractivity contribution is 6.30. The molecule has 0 saturated heterocycles. The van der Waals surface area contributed by atoms with Crippen LogP contribution in [0.3, 0.4) is 0 Å². The van der Waals surface area contributed by atoms with Gasteiger partial charge in [-0.2, -0.15) is 0 Å². The Morgan fingerprint density at radius 2 is 2.05 bits per heavy atom. The fourth-order valence-electron chi connectivity index (χ4n) is 1.89. The van der Waals surface area contributed by atoms with Crippen LogP contribution in [0.25, 0.3) is 11.3 Å². The maximum atomic E-state index is 12.0. The quantitative estimate of drug-likeness (QED) is 0.883. The van der Waals surface area contributed by atoms with E-state index in [2.05, 4.69) is 10.5 Å². The number of nitrogens with one attached hydrogen (secondary N) is 1. The predicted molar refractivity (Wildman–Crippen MR) is 80.7 cm³/mol. The lowest BCUT2D eigenvalue weighted by Gasteiger charge is -2.16. The van der Waals surface area contributed by atoms with E-state index < -0.39 is 17.9 Å². The van der Waals surface area contributed by atoms with Crippen molar-refractivity contribution < 1.29 is 19.2 Å². The number of hydrogen-bond acceptors (Lipinski definition) is 4. The summed E-state index contributed by atoms with van der Waals surface area (Å²) in [4.78, 5) is 23.1. The van der Waals surface area contributed by atoms with E-state index in [1.54, 1.807) is 38.1 Å². The fraction of sp³-hybridized carbons (Fsp3) is 0.267. The summed E-state index contributed by atoms with van der Waals surface area (Å²) in [6.07, 6.45) is 0. The first-order valence-electron chi connectivity index (χ1n) is 6.65. The number of aromatic nitrogens is 1. The van der Waals surface area contributed by atoms with Crippen LogP contribution in [0.1, 0.15) is 24.4 Å². The molecule has 1 unspecified atom stereocenters. The van der Waals surface area contributed by atoms with Gasteiger partial charge in [0.1, 0.15) is 11.7 Å². The van der Waals surface area contributed by atoms with Gasteiger partial charge in [-0.15, -0.1) is 0 Å². The summed E-state index contributed by atoms with van der Waals surface area (Å²) in [6, 6.07) is 7.39. The molecule has 1 heterocycles. The SMILES string of the molecule is CC(C)C(NC(=O)c1cc(-c2cccc(Cl)c2)no1)C(=O)O. The Balaban J connectivity index is 2.17. The minimum atomic E-state index is -1.10. The van der Waals surface area contributed by atoms with Crippen LogP contribution in [0.15, 0.2) is 34.9 Å². The number of carbonyl (C=O) groups is 2. The zero-order chi connectivity index (χ0) is 16.3. The van der Waals surface area contributed by atoms with E-state index in [0.717, 1.165) is 0 Å². The summed E-state index contributed by atoms with van der Waals surface area (Å²) in [7, 11) is 0. The highest BCUT2D eigenvalue weighted by atomic mass is 35.5. The lowest BCUT2D eigenvalue weighted by atomic mass is 10.0. The number of amides is 1. The maximum Gasteiger partial charge on any atom is 0.326 e. The van der Waals surface area contributed by atoms with Crippen LogP contribution in [0, 0.1) is 5.92 Å². The second kappa shape index (κ2) is 6.62. The lowest BCUT2D eigenvalue weighted by molar-refractivity contribution is -0.140. The minimum Gasteiger partial charge on any atom is -0.480 e. The molecule has 0 bridgehead atoms. The lowest BCUT2D eigenvalue weighted by Crippen LogP contribution is -2.44. The third kappa shape index (κ3) is 3.65. The number of hydrogen-bond donors (Lipinski definition) is 2. The molecule has 2 N–H and O–H groups in total. The summed E-state index contributed by atoms with van der Waals surface area (Å²) in [6.45, 7) is 3.41. The molecule has 0 aliphatic rings. The van der Waals surface area contributed by atoms with Crippen molar-refractivity contribution in [3.8, 4) is 11.3 Å². The van der Waals surface area contributed by atoms with Gasteiger partial charge >= 0.3 is 5.97 Å². The summed E-state index contributed by atoms with van der Waals surface area (Å²) in [5.41, 5.74) is 1.15. The molecule has 1 aromatic heterocycles. The average molecular weight is 323 g/mol. The number of nitrogens with zero attached hydrogens (tertiary/aromatic N) is 1. The first kappa shape index (κ1) is 16.0. The Kier molecular flexibility index (Phi) is 4.82. The van der Waals surface area contributed by atoms with E-state index >= 15 is 0 Å². The molecule has 1 aromatic carbocycles. The monoisotopic (exact) mass is 322 g/mol. The number of carboxylic acids is 1. The van der Waals surface area contributed by atoms with Crippen molar-refractivity contribution in [2.75, 3.05) is 0 Å². The van der Waals surface area contributed by atoms with Crippen molar-refractivity contribution in [1.82, 2.24) is 10.5 Å². The van der Waals surface area contributed by atoms with E-state index in [9.17, 15) is 9.59 Å². The molecule has 0 spiro atoms. The zero-order valence-corrected chi connectivity index (χ0v) is 12.8. The molecule has 0 aliphatic carbocycles. The maximum absolute atomic E-state index is 12.0. The van der Waals surface area contributed by atoms with Gasteiger partial charge in [-0.25, -0.2) is 4.79 Å². The van der Waals surface area contributed by atoms with E-state index in [1.807, 2.05) is 0 Å². The normalized spacial score (nSPS) is 12.2. The van der Waals surface area contributed by atoms with Gasteiger partial charge in [0.2, 0.25) is 5.76 Å². The molecule has 0 radical (unpaired) electrons. The summed E-state index contributed by atoms with van der Waals surface area (Å²) < 4.78 is 4.98. The number of carbonyl (C=O) groups excluding carboxylic acids is 1. The van der Waals surface area contributed by atoms with Gasteiger partial charge < -0.3 is 14.9 Å². The number of rotatable bonds is 5. The Bertz CT molecular complexity index is 696. The second-order valence-corrected chi connectivity index (χ2v) is 5.56. The Hall–Kier alpha value is -2.34. The summed E-state index contributed by atoms with van der Waals surface area (Å²) in [5.74, 6) is -2.03. The van der Waals surface area contributed by atoms with Crippen molar-refractivity contribution >= 4 is 23.5 Å². The molecule has 7 heteroatoms. The zero-order valence-electron chi connectivity index (χ0n) is 12.0. The summed E-state index contributed by atoms with van der Waals surface area (Å²) >= 11 is 5.90. The molecular weight excluding hydrogens is 308 g/mol. The number of benzene rings is 1. The van der Waals surface area contributed by atoms with Gasteiger partial charge in [0.15, 0.2) is 0 Å². The van der Waals surface area contributed by atoms with E-state index in [0.29, 0.717) is 16.3 Å². The van der Waals surface area contributed by atoms with Crippen molar-refractivity contribution in [1.29, 1.82) is 0 Å². The van der Waals surface area contributed by atoms with E-state index in [-0.39, 0.29) is 11.7 Å². The molecule has 1 atom stereocenters. The first-order chi connectivity index (χ1) is 10.4. The van der Waals surface area contributed by atoms with Gasteiger partial charge in [0, 0.05) is 16.7 Å². The molecule has 0 saturated carbocycles. The largest absolute Gasteiger partial charge is 0.480 e. The summed E-state index contributed by atoms with van der Waals surface area (Å²) in [5, 5.41) is 15.8. The molecule has 2 aromatic rings. The smallest absolute Gasteiger partial charge is 0.326 e. The van der Waals surface area contributed by atoms with Crippen molar-refractivity contribution in [2.24, 2.45) is 5.92 Å². The fourth-order valence-corrected chi connectivity index (χ4v) is 2.08. The number of halogens is 1. The highest BCUT2D eigenvalue weighted by Gasteiger charge is 2.25. The van der Waals surface area contributed by atoms with Crippen molar-refractivity contribution in [3.05, 3.63) is 41.1 Å². The van der Waals surface area contributed by atoms with Crippen LogP contribution in [-0.4, -0.2) is 28.2 Å². The molecule has 116 valence electrons. The van der Waals surface area contributed by atoms with Gasteiger partial charge in [0.25, 0.3) is 5.91 Å². The van der Waals surface area contributed by atoms with E-state index in [4.69, 9.17) is 21.2 Å². The van der Waals surface area contributed by atoms with Crippen LogP contribution in [0.4, 0.5) is 0 Å². The van der Waals surface area contributed by atoms with Crippen LogP contribution >= 0.6 is 11.6 Å². The topological polar surface area (TPSA) is 92.4 Å². The van der Waals surface area contributed by atoms with Gasteiger partial charge in [-0.1, -0.05) is 42.7 Å². The van der Waals surface area contributed by atoms with Crippen molar-refractivity contribution in [3.63, 3.8) is 0 Å².